The summed E-state index contributed by atoms with van der Waals surface area (Å²) >= 11 is 1.47. The van der Waals surface area contributed by atoms with Crippen molar-refractivity contribution in [3.05, 3.63) is 68.7 Å². The minimum atomic E-state index is -0.0400. The van der Waals surface area contributed by atoms with E-state index in [4.69, 9.17) is 0 Å². The van der Waals surface area contributed by atoms with Gasteiger partial charge in [0.15, 0.2) is 4.96 Å². The summed E-state index contributed by atoms with van der Waals surface area (Å²) in [7, 11) is 0. The van der Waals surface area contributed by atoms with Crippen LogP contribution in [0.3, 0.4) is 0 Å². The number of carbonyl (C=O) groups is 1. The van der Waals surface area contributed by atoms with Crippen LogP contribution in [-0.4, -0.2) is 56.3 Å². The molecule has 0 unspecified atom stereocenters. The van der Waals surface area contributed by atoms with Crippen LogP contribution in [0.15, 0.2) is 40.6 Å². The number of benzene rings is 1. The predicted molar refractivity (Wildman–Crippen MR) is 125 cm³/mol. The van der Waals surface area contributed by atoms with Crippen LogP contribution in [0.2, 0.25) is 0 Å². The summed E-state index contributed by atoms with van der Waals surface area (Å²) in [5.41, 5.74) is 5.24. The van der Waals surface area contributed by atoms with E-state index in [2.05, 4.69) is 20.9 Å². The van der Waals surface area contributed by atoms with E-state index in [0.29, 0.717) is 19.6 Å². The third-order valence-corrected chi connectivity index (χ3v) is 7.52. The van der Waals surface area contributed by atoms with Gasteiger partial charge in [-0.25, -0.2) is 4.98 Å². The van der Waals surface area contributed by atoms with E-state index in [1.165, 1.54) is 40.8 Å². The number of amides is 1. The van der Waals surface area contributed by atoms with Crippen molar-refractivity contribution >= 4 is 33.1 Å². The zero-order valence-corrected chi connectivity index (χ0v) is 18.7. The van der Waals surface area contributed by atoms with Gasteiger partial charge in [0.2, 0.25) is 0 Å². The van der Waals surface area contributed by atoms with E-state index in [1.807, 2.05) is 22.4 Å². The number of hydrogen-bond donors (Lipinski definition) is 1. The van der Waals surface area contributed by atoms with E-state index >= 15 is 0 Å². The van der Waals surface area contributed by atoms with Gasteiger partial charge in [-0.15, -0.1) is 11.3 Å². The quantitative estimate of drug-likeness (QED) is 0.524. The molecule has 32 heavy (non-hydrogen) atoms. The van der Waals surface area contributed by atoms with Crippen LogP contribution in [0, 0.1) is 0 Å². The van der Waals surface area contributed by atoms with Gasteiger partial charge in [0.1, 0.15) is 0 Å². The van der Waals surface area contributed by atoms with Crippen molar-refractivity contribution in [2.45, 2.75) is 32.2 Å². The molecule has 1 saturated heterocycles. The van der Waals surface area contributed by atoms with Gasteiger partial charge < -0.3 is 9.88 Å². The summed E-state index contributed by atoms with van der Waals surface area (Å²) in [6.45, 7) is 3.53. The minimum Gasteiger partial charge on any atom is -0.358 e. The molecule has 1 aliphatic carbocycles. The fourth-order valence-corrected chi connectivity index (χ4v) is 5.82. The molecule has 4 aromatic rings. The highest BCUT2D eigenvalue weighted by Crippen LogP contribution is 2.31. The van der Waals surface area contributed by atoms with Crippen molar-refractivity contribution in [3.63, 3.8) is 0 Å². The number of piperazine rings is 1. The van der Waals surface area contributed by atoms with Gasteiger partial charge in [-0.1, -0.05) is 12.1 Å². The monoisotopic (exact) mass is 447 g/mol. The molecule has 2 aliphatic rings. The molecule has 1 N–H and O–H groups in total. The maximum Gasteiger partial charge on any atom is 0.258 e. The second-order valence-electron chi connectivity index (χ2n) is 8.73. The van der Waals surface area contributed by atoms with Crippen molar-refractivity contribution in [2.24, 2.45) is 0 Å². The Labute approximate surface area is 189 Å². The Bertz CT molecular complexity index is 1380. The third-order valence-electron chi connectivity index (χ3n) is 6.77. The molecule has 6 rings (SSSR count). The smallest absolute Gasteiger partial charge is 0.258 e. The lowest BCUT2D eigenvalue weighted by Crippen LogP contribution is -2.48. The molecule has 7 nitrogen and oxygen atoms in total. The molecule has 0 radical (unpaired) electrons. The molecular weight excluding hydrogens is 422 g/mol. The summed E-state index contributed by atoms with van der Waals surface area (Å²) < 4.78 is 1.57. The first-order valence-electron chi connectivity index (χ1n) is 11.3. The Balaban J connectivity index is 1.17. The lowest BCUT2D eigenvalue weighted by Gasteiger charge is -2.34. The topological polar surface area (TPSA) is 73.7 Å². The van der Waals surface area contributed by atoms with Crippen molar-refractivity contribution < 1.29 is 4.79 Å². The summed E-state index contributed by atoms with van der Waals surface area (Å²) in [6.07, 6.45) is 6.36. The average Bonchev–Trinajstić information content (AvgIpc) is 3.44. The highest BCUT2D eigenvalue weighted by molar-refractivity contribution is 7.15. The molecule has 1 fully saturated rings. The van der Waals surface area contributed by atoms with Gasteiger partial charge in [0, 0.05) is 61.4 Å². The fourth-order valence-electron chi connectivity index (χ4n) is 5.09. The molecule has 8 heteroatoms. The van der Waals surface area contributed by atoms with Crippen LogP contribution < -0.4 is 5.56 Å². The van der Waals surface area contributed by atoms with E-state index in [-0.39, 0.29) is 11.5 Å². The van der Waals surface area contributed by atoms with Gasteiger partial charge >= 0.3 is 0 Å². The van der Waals surface area contributed by atoms with E-state index < -0.39 is 0 Å². The number of fused-ring (bicyclic) bond motifs is 4. The van der Waals surface area contributed by atoms with Crippen LogP contribution in [0.5, 0.6) is 0 Å². The highest BCUT2D eigenvalue weighted by atomic mass is 32.1. The molecule has 164 valence electrons. The first-order chi connectivity index (χ1) is 15.7. The largest absolute Gasteiger partial charge is 0.358 e. The third kappa shape index (κ3) is 3.34. The van der Waals surface area contributed by atoms with Crippen molar-refractivity contribution in [1.29, 1.82) is 0 Å². The number of aromatic amines is 1. The number of H-pyrrole nitrogens is 1. The Morgan fingerprint density at radius 1 is 1.12 bits per heavy atom. The van der Waals surface area contributed by atoms with Gasteiger partial charge in [-0.2, -0.15) is 0 Å². The number of nitrogens with zero attached hydrogens (tertiary/aromatic N) is 4. The Morgan fingerprint density at radius 3 is 2.84 bits per heavy atom. The molecule has 4 heterocycles. The predicted octanol–water partition coefficient (Wildman–Crippen LogP) is 3.07. The van der Waals surface area contributed by atoms with Crippen LogP contribution in [0.25, 0.3) is 15.9 Å². The molecule has 0 spiro atoms. The molecule has 0 saturated carbocycles. The highest BCUT2D eigenvalue weighted by Gasteiger charge is 2.25. The summed E-state index contributed by atoms with van der Waals surface area (Å²) in [4.78, 5) is 38.7. The SMILES string of the molecule is O=C(c1cccc2c3c([nH]c12)CCCC3)N1CCN(Cc2cc(=O)n3ccsc3n2)CC1. The van der Waals surface area contributed by atoms with Gasteiger partial charge in [0.25, 0.3) is 11.5 Å². The van der Waals surface area contributed by atoms with Crippen LogP contribution in [-0.2, 0) is 19.4 Å². The van der Waals surface area contributed by atoms with E-state index in [9.17, 15) is 9.59 Å². The van der Waals surface area contributed by atoms with Gasteiger partial charge in [-0.05, 0) is 37.3 Å². The zero-order chi connectivity index (χ0) is 21.7. The fraction of sp³-hybridized carbons (Fsp3) is 0.375. The first kappa shape index (κ1) is 19.7. The average molecular weight is 448 g/mol. The molecule has 1 aromatic carbocycles. The van der Waals surface area contributed by atoms with Gasteiger partial charge in [-0.3, -0.25) is 18.9 Å². The Morgan fingerprint density at radius 2 is 1.97 bits per heavy atom. The van der Waals surface area contributed by atoms with Crippen LogP contribution in [0.1, 0.15) is 40.2 Å². The first-order valence-corrected chi connectivity index (χ1v) is 12.2. The molecule has 3 aromatic heterocycles. The number of aryl methyl sites for hydroxylation is 2. The Hall–Kier alpha value is -2.97. The van der Waals surface area contributed by atoms with Crippen molar-refractivity contribution in [3.8, 4) is 0 Å². The van der Waals surface area contributed by atoms with Crippen LogP contribution >= 0.6 is 11.3 Å². The van der Waals surface area contributed by atoms with Crippen molar-refractivity contribution in [2.75, 3.05) is 26.2 Å². The molecule has 0 bridgehead atoms. The molecule has 1 amide bonds. The maximum absolute atomic E-state index is 13.4. The van der Waals surface area contributed by atoms with E-state index in [1.54, 1.807) is 16.7 Å². The lowest BCUT2D eigenvalue weighted by atomic mass is 9.95. The number of rotatable bonds is 3. The van der Waals surface area contributed by atoms with Crippen LogP contribution in [0.4, 0.5) is 0 Å². The molecular formula is C24H25N5O2S. The molecule has 1 aliphatic heterocycles. The van der Waals surface area contributed by atoms with E-state index in [0.717, 1.165) is 47.7 Å². The summed E-state index contributed by atoms with van der Waals surface area (Å²) in [5.74, 6) is 0.102. The number of nitrogens with one attached hydrogen (secondary N) is 1. The molecule has 0 atom stereocenters. The number of carbonyl (C=O) groups excluding carboxylic acids is 1. The summed E-state index contributed by atoms with van der Waals surface area (Å²) in [5, 5.41) is 3.09. The number of aromatic nitrogens is 3. The second-order valence-corrected chi connectivity index (χ2v) is 9.60. The standard InChI is InChI=1S/C24H25N5O2S/c30-21-14-16(25-24-29(21)12-13-32-24)15-27-8-10-28(11-9-27)23(31)19-6-3-5-18-17-4-1-2-7-20(17)26-22(18)19/h3,5-6,12-14,26H,1-2,4,7-11,15H2. The maximum atomic E-state index is 13.4. The minimum absolute atomic E-state index is 0.0400. The number of para-hydroxylation sites is 1. The van der Waals surface area contributed by atoms with Crippen molar-refractivity contribution in [1.82, 2.24) is 24.2 Å². The number of thiazole rings is 1. The lowest BCUT2D eigenvalue weighted by molar-refractivity contribution is 0.0629. The summed E-state index contributed by atoms with van der Waals surface area (Å²) in [6, 6.07) is 7.72. The Kier molecular flexibility index (Phi) is 4.84. The van der Waals surface area contributed by atoms with Gasteiger partial charge in [0.05, 0.1) is 16.8 Å². The second kappa shape index (κ2) is 7.86. The normalized spacial score (nSPS) is 17.2. The zero-order valence-electron chi connectivity index (χ0n) is 17.8. The number of hydrogen-bond acceptors (Lipinski definition) is 5.